The average Bonchev–Trinajstić information content (AvgIpc) is 2.74. The van der Waals surface area contributed by atoms with Crippen molar-refractivity contribution in [3.05, 3.63) is 40.9 Å². The van der Waals surface area contributed by atoms with Crippen molar-refractivity contribution in [2.45, 2.75) is 20.8 Å². The third-order valence-electron chi connectivity index (χ3n) is 3.91. The Bertz CT molecular complexity index is 890. The van der Waals surface area contributed by atoms with Crippen molar-refractivity contribution >= 4 is 29.2 Å². The van der Waals surface area contributed by atoms with Crippen LogP contribution < -0.4 is 24.3 Å². The van der Waals surface area contributed by atoms with Gasteiger partial charge in [-0.2, -0.15) is 0 Å². The molecule has 0 bridgehead atoms. The Morgan fingerprint density at radius 1 is 0.903 bits per heavy atom. The van der Waals surface area contributed by atoms with E-state index in [1.807, 2.05) is 20.8 Å². The number of hydrogen-bond donors (Lipinski definition) is 1. The minimum Gasteiger partial charge on any atom is -0.495 e. The van der Waals surface area contributed by atoms with E-state index in [4.69, 9.17) is 35.3 Å². The highest BCUT2D eigenvalue weighted by molar-refractivity contribution is 6.31. The fourth-order valence-corrected chi connectivity index (χ4v) is 2.86. The second-order valence-electron chi connectivity index (χ2n) is 6.07. The molecule has 9 heteroatoms. The maximum atomic E-state index is 12.6. The van der Waals surface area contributed by atoms with Crippen molar-refractivity contribution in [1.82, 2.24) is 0 Å². The second-order valence-corrected chi connectivity index (χ2v) is 6.51. The van der Waals surface area contributed by atoms with Crippen LogP contribution in [-0.2, 0) is 9.53 Å². The van der Waals surface area contributed by atoms with Crippen molar-refractivity contribution in [2.75, 3.05) is 38.9 Å². The van der Waals surface area contributed by atoms with Gasteiger partial charge in [-0.25, -0.2) is 4.79 Å². The molecule has 31 heavy (non-hydrogen) atoms. The van der Waals surface area contributed by atoms with Crippen LogP contribution in [0.5, 0.6) is 23.0 Å². The lowest BCUT2D eigenvalue weighted by molar-refractivity contribution is -0.119. The zero-order valence-electron chi connectivity index (χ0n) is 18.0. The first-order valence-corrected chi connectivity index (χ1v) is 10.2. The van der Waals surface area contributed by atoms with Crippen molar-refractivity contribution in [3.8, 4) is 23.0 Å². The van der Waals surface area contributed by atoms with E-state index in [0.29, 0.717) is 53.5 Å². The molecule has 0 unspecified atom stereocenters. The summed E-state index contributed by atoms with van der Waals surface area (Å²) in [5.41, 5.74) is 0.540. The smallest absolute Gasteiger partial charge is 0.338 e. The number of benzene rings is 2. The molecule has 2 aromatic rings. The summed E-state index contributed by atoms with van der Waals surface area (Å²) in [4.78, 5) is 24.8. The van der Waals surface area contributed by atoms with E-state index in [9.17, 15) is 9.59 Å². The van der Waals surface area contributed by atoms with Gasteiger partial charge in [-0.05, 0) is 51.1 Å². The topological polar surface area (TPSA) is 92.3 Å². The lowest BCUT2D eigenvalue weighted by Gasteiger charge is -2.17. The molecule has 0 saturated heterocycles. The number of carbonyl (C=O) groups is 2. The lowest BCUT2D eigenvalue weighted by Crippen LogP contribution is -2.21. The molecule has 0 fully saturated rings. The highest BCUT2D eigenvalue weighted by Gasteiger charge is 2.20. The third-order valence-corrected chi connectivity index (χ3v) is 4.15. The third kappa shape index (κ3) is 6.68. The quantitative estimate of drug-likeness (QED) is 0.508. The largest absolute Gasteiger partial charge is 0.495 e. The van der Waals surface area contributed by atoms with E-state index < -0.39 is 18.5 Å². The molecule has 2 aromatic carbocycles. The Kier molecular flexibility index (Phi) is 9.27. The summed E-state index contributed by atoms with van der Waals surface area (Å²) in [5.74, 6) is 0.297. The zero-order valence-corrected chi connectivity index (χ0v) is 18.7. The first-order chi connectivity index (χ1) is 14.9. The molecule has 0 aliphatic heterocycles. The van der Waals surface area contributed by atoms with Gasteiger partial charge in [-0.15, -0.1) is 0 Å². The first kappa shape index (κ1) is 24.1. The van der Waals surface area contributed by atoms with E-state index in [2.05, 4.69) is 5.32 Å². The van der Waals surface area contributed by atoms with Crippen LogP contribution in [0.2, 0.25) is 5.02 Å². The number of esters is 1. The van der Waals surface area contributed by atoms with Crippen LogP contribution in [0.3, 0.4) is 0 Å². The van der Waals surface area contributed by atoms with E-state index in [1.54, 1.807) is 12.1 Å². The fraction of sp³-hybridized carbons (Fsp3) is 0.364. The molecule has 0 radical (unpaired) electrons. The molecule has 0 saturated carbocycles. The molecule has 1 amide bonds. The number of anilines is 1. The Morgan fingerprint density at radius 3 is 2.06 bits per heavy atom. The minimum absolute atomic E-state index is 0.170. The van der Waals surface area contributed by atoms with Gasteiger partial charge in [0.2, 0.25) is 5.75 Å². The summed E-state index contributed by atoms with van der Waals surface area (Å²) in [5, 5.41) is 3.03. The van der Waals surface area contributed by atoms with E-state index >= 15 is 0 Å². The van der Waals surface area contributed by atoms with Gasteiger partial charge in [0.25, 0.3) is 5.91 Å². The number of methoxy groups -OCH3 is 1. The molecule has 1 N–H and O–H groups in total. The Morgan fingerprint density at radius 2 is 1.52 bits per heavy atom. The van der Waals surface area contributed by atoms with Gasteiger partial charge >= 0.3 is 5.97 Å². The number of amides is 1. The summed E-state index contributed by atoms with van der Waals surface area (Å²) in [6, 6.07) is 7.78. The number of carbonyl (C=O) groups excluding carboxylic acids is 2. The molecule has 0 atom stereocenters. The summed E-state index contributed by atoms with van der Waals surface area (Å²) in [7, 11) is 1.47. The van der Waals surface area contributed by atoms with Gasteiger partial charge < -0.3 is 29.0 Å². The number of nitrogens with one attached hydrogen (secondary N) is 1. The molecule has 0 aromatic heterocycles. The second kappa shape index (κ2) is 11.9. The van der Waals surface area contributed by atoms with Crippen LogP contribution in [-0.4, -0.2) is 45.4 Å². The van der Waals surface area contributed by atoms with Crippen LogP contribution in [0.1, 0.15) is 31.1 Å². The Labute approximate surface area is 186 Å². The molecule has 2 rings (SSSR count). The number of ether oxygens (including phenoxy) is 5. The van der Waals surface area contributed by atoms with Crippen molar-refractivity contribution < 1.29 is 33.3 Å². The average molecular weight is 452 g/mol. The van der Waals surface area contributed by atoms with Crippen LogP contribution in [0.4, 0.5) is 5.69 Å². The number of hydrogen-bond acceptors (Lipinski definition) is 7. The molecule has 0 heterocycles. The molecule has 0 spiro atoms. The van der Waals surface area contributed by atoms with E-state index in [1.165, 1.54) is 25.3 Å². The SMILES string of the molecule is CCOc1cc(C(=O)OCC(=O)Nc2cc(Cl)ccc2OC)cc(OCC)c1OCC. The molecule has 0 aliphatic carbocycles. The Balaban J connectivity index is 2.14. The highest BCUT2D eigenvalue weighted by Crippen LogP contribution is 2.39. The zero-order chi connectivity index (χ0) is 22.8. The van der Waals surface area contributed by atoms with Crippen LogP contribution >= 0.6 is 11.6 Å². The van der Waals surface area contributed by atoms with Gasteiger partial charge in [0.15, 0.2) is 18.1 Å². The van der Waals surface area contributed by atoms with Crippen LogP contribution in [0.15, 0.2) is 30.3 Å². The summed E-state index contributed by atoms with van der Waals surface area (Å²) in [6.07, 6.45) is 0. The molecule has 8 nitrogen and oxygen atoms in total. The van der Waals surface area contributed by atoms with Crippen molar-refractivity contribution in [1.29, 1.82) is 0 Å². The van der Waals surface area contributed by atoms with Gasteiger partial charge in [-0.1, -0.05) is 11.6 Å². The summed E-state index contributed by atoms with van der Waals surface area (Å²) in [6.45, 7) is 6.10. The van der Waals surface area contributed by atoms with Gasteiger partial charge in [0, 0.05) is 5.02 Å². The monoisotopic (exact) mass is 451 g/mol. The van der Waals surface area contributed by atoms with E-state index in [-0.39, 0.29) is 5.56 Å². The predicted octanol–water partition coefficient (Wildman–Crippen LogP) is 4.34. The fourth-order valence-electron chi connectivity index (χ4n) is 2.69. The molecule has 0 aliphatic rings. The van der Waals surface area contributed by atoms with Gasteiger partial charge in [-0.3, -0.25) is 4.79 Å². The van der Waals surface area contributed by atoms with Gasteiger partial charge in [0.1, 0.15) is 5.75 Å². The minimum atomic E-state index is -0.710. The lowest BCUT2D eigenvalue weighted by atomic mass is 10.2. The maximum absolute atomic E-state index is 12.6. The summed E-state index contributed by atoms with van der Waals surface area (Å²) < 4.78 is 27.1. The normalized spacial score (nSPS) is 10.2. The van der Waals surface area contributed by atoms with Crippen LogP contribution in [0, 0.1) is 0 Å². The standard InChI is InChI=1S/C22H26ClNO7/c1-5-28-18-10-14(11-19(29-6-2)21(18)30-7-3)22(26)31-13-20(25)24-16-12-15(23)8-9-17(16)27-4/h8-12H,5-7,13H2,1-4H3,(H,24,25). The number of halogens is 1. The first-order valence-electron chi connectivity index (χ1n) is 9.80. The van der Waals surface area contributed by atoms with Crippen molar-refractivity contribution in [2.24, 2.45) is 0 Å². The maximum Gasteiger partial charge on any atom is 0.338 e. The molecular weight excluding hydrogens is 426 g/mol. The van der Waals surface area contributed by atoms with Gasteiger partial charge in [0.05, 0.1) is 38.2 Å². The molecule has 168 valence electrons. The highest BCUT2D eigenvalue weighted by atomic mass is 35.5. The predicted molar refractivity (Wildman–Crippen MR) is 117 cm³/mol. The van der Waals surface area contributed by atoms with E-state index in [0.717, 1.165) is 0 Å². The number of rotatable bonds is 11. The Hall–Kier alpha value is -3.13. The van der Waals surface area contributed by atoms with Crippen molar-refractivity contribution in [3.63, 3.8) is 0 Å². The molecular formula is C22H26ClNO7. The van der Waals surface area contributed by atoms with Crippen LogP contribution in [0.25, 0.3) is 0 Å². The summed E-state index contributed by atoms with van der Waals surface area (Å²) >= 11 is 5.95.